The third-order valence-corrected chi connectivity index (χ3v) is 4.34. The molecule has 0 spiro atoms. The molecule has 0 aliphatic carbocycles. The van der Waals surface area contributed by atoms with Crippen LogP contribution in [0.3, 0.4) is 0 Å². The van der Waals surface area contributed by atoms with E-state index < -0.39 is 5.67 Å². The summed E-state index contributed by atoms with van der Waals surface area (Å²) in [5, 5.41) is 3.15. The molecule has 0 saturated heterocycles. The van der Waals surface area contributed by atoms with Crippen LogP contribution >= 0.6 is 22.9 Å². The SMILES string of the molecule is CC(Nc1nc(/N=C/N(C)C)nc(C(C)(C)F)n1)c1ccc(Cl)s1. The standard InChI is InChI=1S/C15H20ClFN6S/c1-9(10-6-7-11(16)24-10)19-14-21-12(15(2,3)17)20-13(22-14)18-8-23(4)5/h6-9H,1-5H3,(H,19,20,21,22)/b18-8+. The number of nitrogens with one attached hydrogen (secondary N) is 1. The molecule has 24 heavy (non-hydrogen) atoms. The number of hydrogen-bond acceptors (Lipinski definition) is 6. The van der Waals surface area contributed by atoms with Gasteiger partial charge in [0.15, 0.2) is 11.5 Å². The summed E-state index contributed by atoms with van der Waals surface area (Å²) in [5.41, 5.74) is -1.70. The number of halogens is 2. The third kappa shape index (κ3) is 5.10. The van der Waals surface area contributed by atoms with Crippen LogP contribution in [0.4, 0.5) is 16.3 Å². The van der Waals surface area contributed by atoms with Gasteiger partial charge in [-0.25, -0.2) is 9.38 Å². The Kier molecular flexibility index (Phi) is 5.71. The lowest BCUT2D eigenvalue weighted by atomic mass is 10.1. The van der Waals surface area contributed by atoms with Crippen LogP contribution in [0.15, 0.2) is 17.1 Å². The number of hydrogen-bond donors (Lipinski definition) is 1. The highest BCUT2D eigenvalue weighted by atomic mass is 35.5. The van der Waals surface area contributed by atoms with Crippen molar-refractivity contribution in [1.29, 1.82) is 0 Å². The van der Waals surface area contributed by atoms with Crippen LogP contribution < -0.4 is 5.32 Å². The Morgan fingerprint density at radius 1 is 1.33 bits per heavy atom. The van der Waals surface area contributed by atoms with E-state index in [9.17, 15) is 4.39 Å². The Labute approximate surface area is 149 Å². The topological polar surface area (TPSA) is 66.3 Å². The van der Waals surface area contributed by atoms with Crippen molar-refractivity contribution < 1.29 is 4.39 Å². The minimum atomic E-state index is -1.70. The van der Waals surface area contributed by atoms with Gasteiger partial charge in [-0.2, -0.15) is 15.0 Å². The van der Waals surface area contributed by atoms with Crippen LogP contribution in [-0.2, 0) is 5.67 Å². The highest BCUT2D eigenvalue weighted by molar-refractivity contribution is 7.16. The quantitative estimate of drug-likeness (QED) is 0.610. The molecule has 6 nitrogen and oxygen atoms in total. The van der Waals surface area contributed by atoms with E-state index in [1.54, 1.807) is 11.2 Å². The summed E-state index contributed by atoms with van der Waals surface area (Å²) >= 11 is 7.43. The maximum atomic E-state index is 14.3. The third-order valence-electron chi connectivity index (χ3n) is 2.93. The molecule has 0 aromatic carbocycles. The first-order valence-electron chi connectivity index (χ1n) is 7.33. The van der Waals surface area contributed by atoms with E-state index in [2.05, 4.69) is 25.3 Å². The molecule has 0 aliphatic heterocycles. The van der Waals surface area contributed by atoms with E-state index in [0.717, 1.165) is 4.88 Å². The highest BCUT2D eigenvalue weighted by Gasteiger charge is 2.25. The second-order valence-corrected chi connectivity index (χ2v) is 7.72. The van der Waals surface area contributed by atoms with Crippen molar-refractivity contribution in [2.75, 3.05) is 19.4 Å². The lowest BCUT2D eigenvalue weighted by Gasteiger charge is -2.16. The summed E-state index contributed by atoms with van der Waals surface area (Å²) in [7, 11) is 3.65. The first kappa shape index (κ1) is 18.5. The van der Waals surface area contributed by atoms with E-state index >= 15 is 0 Å². The largest absolute Gasteiger partial charge is 0.369 e. The summed E-state index contributed by atoms with van der Waals surface area (Å²) < 4.78 is 15.0. The molecule has 9 heteroatoms. The number of rotatable bonds is 6. The van der Waals surface area contributed by atoms with Crippen LogP contribution in [-0.4, -0.2) is 40.3 Å². The van der Waals surface area contributed by atoms with E-state index in [0.29, 0.717) is 4.34 Å². The minimum absolute atomic E-state index is 0.0299. The van der Waals surface area contributed by atoms with Gasteiger partial charge < -0.3 is 10.2 Å². The van der Waals surface area contributed by atoms with Gasteiger partial charge in [-0.1, -0.05) is 11.6 Å². The molecule has 1 N–H and O–H groups in total. The molecule has 2 rings (SSSR count). The van der Waals surface area contributed by atoms with Crippen molar-refractivity contribution in [2.24, 2.45) is 4.99 Å². The number of nitrogens with zero attached hydrogens (tertiary/aromatic N) is 5. The Morgan fingerprint density at radius 3 is 2.58 bits per heavy atom. The van der Waals surface area contributed by atoms with Gasteiger partial charge in [0.2, 0.25) is 5.95 Å². The molecule has 2 aromatic rings. The summed E-state index contributed by atoms with van der Waals surface area (Å²) in [6, 6.07) is 3.68. The van der Waals surface area contributed by atoms with Gasteiger partial charge in [0.1, 0.15) is 0 Å². The molecule has 1 atom stereocenters. The van der Waals surface area contributed by atoms with Gasteiger partial charge in [-0.05, 0) is 32.9 Å². The molecule has 130 valence electrons. The molecule has 0 amide bonds. The summed E-state index contributed by atoms with van der Waals surface area (Å²) in [4.78, 5) is 19.4. The number of aromatic nitrogens is 3. The van der Waals surface area contributed by atoms with E-state index in [4.69, 9.17) is 11.6 Å². The fourth-order valence-corrected chi connectivity index (χ4v) is 2.81. The number of thiophene rings is 1. The smallest absolute Gasteiger partial charge is 0.255 e. The predicted octanol–water partition coefficient (Wildman–Crippen LogP) is 4.19. The van der Waals surface area contributed by atoms with Crippen molar-refractivity contribution in [3.8, 4) is 0 Å². The molecule has 0 aliphatic rings. The monoisotopic (exact) mass is 370 g/mol. The first-order valence-corrected chi connectivity index (χ1v) is 8.52. The predicted molar refractivity (Wildman–Crippen MR) is 97.2 cm³/mol. The molecule has 2 aromatic heterocycles. The van der Waals surface area contributed by atoms with E-state index in [-0.39, 0.29) is 23.8 Å². The van der Waals surface area contributed by atoms with Crippen LogP contribution in [0.2, 0.25) is 4.34 Å². The molecule has 0 saturated carbocycles. The molecule has 1 unspecified atom stereocenters. The van der Waals surface area contributed by atoms with Crippen molar-refractivity contribution in [1.82, 2.24) is 19.9 Å². The molecule has 0 radical (unpaired) electrons. The lowest BCUT2D eigenvalue weighted by molar-refractivity contribution is 0.206. The van der Waals surface area contributed by atoms with Gasteiger partial charge in [0.05, 0.1) is 16.7 Å². The van der Waals surface area contributed by atoms with Crippen molar-refractivity contribution in [2.45, 2.75) is 32.5 Å². The van der Waals surface area contributed by atoms with Crippen LogP contribution in [0.5, 0.6) is 0 Å². The Hall–Kier alpha value is -1.80. The second-order valence-electron chi connectivity index (χ2n) is 5.97. The van der Waals surface area contributed by atoms with Crippen LogP contribution in [0, 0.1) is 0 Å². The van der Waals surface area contributed by atoms with Crippen molar-refractivity contribution >= 4 is 41.2 Å². The highest BCUT2D eigenvalue weighted by Crippen LogP contribution is 2.29. The van der Waals surface area contributed by atoms with E-state index in [1.807, 2.05) is 33.2 Å². The van der Waals surface area contributed by atoms with E-state index in [1.165, 1.54) is 25.2 Å². The zero-order valence-corrected chi connectivity index (χ0v) is 15.8. The Morgan fingerprint density at radius 2 is 2.04 bits per heavy atom. The van der Waals surface area contributed by atoms with Gasteiger partial charge in [0, 0.05) is 19.0 Å². The summed E-state index contributed by atoms with van der Waals surface area (Å²) in [5.74, 6) is 0.453. The first-order chi connectivity index (χ1) is 11.1. The van der Waals surface area contributed by atoms with Gasteiger partial charge in [0.25, 0.3) is 5.95 Å². The molecule has 0 fully saturated rings. The molecule has 2 heterocycles. The maximum Gasteiger partial charge on any atom is 0.255 e. The van der Waals surface area contributed by atoms with Crippen LogP contribution in [0.1, 0.15) is 37.5 Å². The summed E-state index contributed by atoms with van der Waals surface area (Å²) in [6.45, 7) is 4.75. The summed E-state index contributed by atoms with van der Waals surface area (Å²) in [6.07, 6.45) is 1.55. The number of anilines is 1. The minimum Gasteiger partial charge on any atom is -0.369 e. The number of alkyl halides is 1. The van der Waals surface area contributed by atoms with Gasteiger partial charge in [-0.15, -0.1) is 11.3 Å². The maximum absolute atomic E-state index is 14.3. The van der Waals surface area contributed by atoms with Gasteiger partial charge in [-0.3, -0.25) is 0 Å². The Balaban J connectivity index is 2.32. The molecular formula is C15H20ClFN6S. The normalized spacial score (nSPS) is 13.3. The second kappa shape index (κ2) is 7.40. The average Bonchev–Trinajstić information content (AvgIpc) is 2.91. The average molecular weight is 371 g/mol. The van der Waals surface area contributed by atoms with Crippen LogP contribution in [0.25, 0.3) is 0 Å². The zero-order chi connectivity index (χ0) is 17.9. The zero-order valence-electron chi connectivity index (χ0n) is 14.2. The molecule has 0 bridgehead atoms. The molecular weight excluding hydrogens is 351 g/mol. The number of aliphatic imine (C=N–C) groups is 1. The fourth-order valence-electron chi connectivity index (χ4n) is 1.75. The fraction of sp³-hybridized carbons (Fsp3) is 0.467. The lowest BCUT2D eigenvalue weighted by Crippen LogP contribution is -2.18. The van der Waals surface area contributed by atoms with Gasteiger partial charge >= 0.3 is 0 Å². The Bertz CT molecular complexity index is 725. The van der Waals surface area contributed by atoms with Crippen molar-refractivity contribution in [3.63, 3.8) is 0 Å². The van der Waals surface area contributed by atoms with Crippen molar-refractivity contribution in [3.05, 3.63) is 27.2 Å².